The van der Waals surface area contributed by atoms with Crippen molar-refractivity contribution in [2.75, 3.05) is 5.32 Å². The molecule has 1 aliphatic rings. The summed E-state index contributed by atoms with van der Waals surface area (Å²) in [7, 11) is 0. The van der Waals surface area contributed by atoms with Crippen molar-refractivity contribution in [3.05, 3.63) is 34.3 Å². The number of ether oxygens (including phenoxy) is 1. The summed E-state index contributed by atoms with van der Waals surface area (Å²) in [5.74, 6) is 5.28. The molecule has 1 fully saturated rings. The van der Waals surface area contributed by atoms with Gasteiger partial charge >= 0.3 is 12.0 Å². The summed E-state index contributed by atoms with van der Waals surface area (Å²) in [6.45, 7) is 6.07. The van der Waals surface area contributed by atoms with Crippen molar-refractivity contribution < 1.29 is 14.6 Å². The molecule has 2 heterocycles. The van der Waals surface area contributed by atoms with E-state index in [0.717, 1.165) is 17.7 Å². The molecule has 136 valence electrons. The third-order valence-corrected chi connectivity index (χ3v) is 4.79. The Bertz CT molecular complexity index is 840. The van der Waals surface area contributed by atoms with Crippen molar-refractivity contribution in [1.29, 1.82) is 0 Å². The Morgan fingerprint density at radius 2 is 2.04 bits per heavy atom. The van der Waals surface area contributed by atoms with Gasteiger partial charge in [-0.1, -0.05) is 11.8 Å². The highest BCUT2D eigenvalue weighted by molar-refractivity contribution is 7.15. The van der Waals surface area contributed by atoms with Crippen molar-refractivity contribution in [1.82, 2.24) is 9.97 Å². The average Bonchev–Trinajstić information content (AvgIpc) is 2.95. The first-order valence-electron chi connectivity index (χ1n) is 8.41. The number of hydrogen-bond acceptors (Lipinski definition) is 6. The van der Waals surface area contributed by atoms with Crippen molar-refractivity contribution in [3.8, 4) is 17.9 Å². The average molecular weight is 371 g/mol. The van der Waals surface area contributed by atoms with Crippen LogP contribution in [0.25, 0.3) is 0 Å². The maximum absolute atomic E-state index is 11.5. The molecule has 0 unspecified atom stereocenters. The molecule has 26 heavy (non-hydrogen) atoms. The van der Waals surface area contributed by atoms with Crippen LogP contribution in [0.1, 0.15) is 48.2 Å². The van der Waals surface area contributed by atoms with E-state index in [1.54, 1.807) is 18.5 Å². The largest absolute Gasteiger partial charge is 0.477 e. The fourth-order valence-electron chi connectivity index (χ4n) is 2.46. The molecule has 1 saturated carbocycles. The van der Waals surface area contributed by atoms with Crippen LogP contribution in [0, 0.1) is 17.3 Å². The highest BCUT2D eigenvalue weighted by Crippen LogP contribution is 2.32. The van der Waals surface area contributed by atoms with Crippen LogP contribution in [0.15, 0.2) is 24.5 Å². The Hall–Kier alpha value is -2.59. The second-order valence-electron chi connectivity index (χ2n) is 7.24. The molecule has 2 aromatic heterocycles. The van der Waals surface area contributed by atoms with Crippen LogP contribution in [0.2, 0.25) is 0 Å². The van der Waals surface area contributed by atoms with Gasteiger partial charge < -0.3 is 15.2 Å². The van der Waals surface area contributed by atoms with E-state index in [2.05, 4.69) is 27.1 Å². The zero-order valence-corrected chi connectivity index (χ0v) is 15.8. The van der Waals surface area contributed by atoms with E-state index in [4.69, 9.17) is 4.74 Å². The second-order valence-corrected chi connectivity index (χ2v) is 8.29. The summed E-state index contributed by atoms with van der Waals surface area (Å²) in [6.07, 6.45) is 4.87. The van der Waals surface area contributed by atoms with Gasteiger partial charge in [0.25, 0.3) is 0 Å². The van der Waals surface area contributed by atoms with Gasteiger partial charge in [-0.25, -0.2) is 14.8 Å². The lowest BCUT2D eigenvalue weighted by Crippen LogP contribution is -2.42. The lowest BCUT2D eigenvalue weighted by Gasteiger charge is -2.35. The number of carbonyl (C=O) groups is 1. The van der Waals surface area contributed by atoms with Gasteiger partial charge in [0.2, 0.25) is 0 Å². The molecular weight excluding hydrogens is 350 g/mol. The van der Waals surface area contributed by atoms with Crippen molar-refractivity contribution in [2.45, 2.75) is 45.8 Å². The molecule has 0 spiro atoms. The monoisotopic (exact) mass is 371 g/mol. The first kappa shape index (κ1) is 18.2. The third kappa shape index (κ3) is 4.73. The first-order chi connectivity index (χ1) is 12.3. The van der Waals surface area contributed by atoms with Crippen LogP contribution in [0.4, 0.5) is 5.69 Å². The molecule has 7 heteroatoms. The van der Waals surface area contributed by atoms with Gasteiger partial charge in [-0.15, -0.1) is 11.3 Å². The Labute approximate surface area is 156 Å². The molecule has 2 N–H and O–H groups in total. The third-order valence-electron chi connectivity index (χ3n) is 3.76. The molecule has 0 atom stereocenters. The molecule has 3 rings (SSSR count). The number of carboxylic acids is 1. The van der Waals surface area contributed by atoms with E-state index in [1.165, 1.54) is 11.3 Å². The molecule has 2 aromatic rings. The number of anilines is 1. The lowest BCUT2D eigenvalue weighted by atomic mass is 9.89. The molecular formula is C19H21N3O3S. The van der Waals surface area contributed by atoms with Crippen LogP contribution in [0.5, 0.6) is 6.01 Å². The van der Waals surface area contributed by atoms with E-state index >= 15 is 0 Å². The highest BCUT2D eigenvalue weighted by atomic mass is 32.1. The quantitative estimate of drug-likeness (QED) is 0.781. The standard InChI is InChI=1S/C19H21N3O3S/c1-19(2,3)6-5-14-11-15(16(26-14)17(23)24)22-12-9-13(10-12)25-18-20-7-4-8-21-18/h4,7-8,11-13,22H,9-10H2,1-3H3,(H,23,24)/t12-,13+. The second kappa shape index (κ2) is 7.34. The molecule has 0 aromatic carbocycles. The van der Waals surface area contributed by atoms with Gasteiger partial charge in [0, 0.05) is 36.7 Å². The van der Waals surface area contributed by atoms with Crippen molar-refractivity contribution >= 4 is 23.0 Å². The SMILES string of the molecule is CC(C)(C)C#Cc1cc(N[C@H]2C[C@@H](Oc3ncccn3)C2)c(C(=O)O)s1. The lowest BCUT2D eigenvalue weighted by molar-refractivity contribution is 0.0703. The molecule has 1 aliphatic carbocycles. The van der Waals surface area contributed by atoms with Crippen LogP contribution in [-0.4, -0.2) is 33.2 Å². The number of thiophene rings is 1. The summed E-state index contributed by atoms with van der Waals surface area (Å²) in [5.41, 5.74) is 0.499. The van der Waals surface area contributed by atoms with Gasteiger partial charge in [0.15, 0.2) is 0 Å². The Morgan fingerprint density at radius 3 is 2.65 bits per heavy atom. The topological polar surface area (TPSA) is 84.3 Å². The summed E-state index contributed by atoms with van der Waals surface area (Å²) in [5, 5.41) is 12.7. The number of nitrogens with one attached hydrogen (secondary N) is 1. The van der Waals surface area contributed by atoms with Crippen LogP contribution < -0.4 is 10.1 Å². The molecule has 0 amide bonds. The summed E-state index contributed by atoms with van der Waals surface area (Å²) < 4.78 is 5.68. The number of carboxylic acid groups (broad SMARTS) is 1. The number of rotatable bonds is 5. The number of hydrogen-bond donors (Lipinski definition) is 2. The smallest absolute Gasteiger partial charge is 0.348 e. The van der Waals surface area contributed by atoms with E-state index < -0.39 is 5.97 Å². The fraction of sp³-hybridized carbons (Fsp3) is 0.421. The Morgan fingerprint density at radius 1 is 1.35 bits per heavy atom. The van der Waals surface area contributed by atoms with Crippen molar-refractivity contribution in [3.63, 3.8) is 0 Å². The highest BCUT2D eigenvalue weighted by Gasteiger charge is 2.32. The maximum Gasteiger partial charge on any atom is 0.348 e. The minimum absolute atomic E-state index is 0.0435. The van der Waals surface area contributed by atoms with Crippen LogP contribution in [-0.2, 0) is 0 Å². The Kier molecular flexibility index (Phi) is 5.14. The number of nitrogens with zero attached hydrogens (tertiary/aromatic N) is 2. The predicted molar refractivity (Wildman–Crippen MR) is 101 cm³/mol. The van der Waals surface area contributed by atoms with Gasteiger partial charge in [-0.3, -0.25) is 0 Å². The number of aromatic nitrogens is 2. The molecule has 0 saturated heterocycles. The molecule has 6 nitrogen and oxygen atoms in total. The molecule has 0 aliphatic heterocycles. The van der Waals surface area contributed by atoms with Gasteiger partial charge in [0.05, 0.1) is 10.6 Å². The van der Waals surface area contributed by atoms with Gasteiger partial charge in [0.1, 0.15) is 11.0 Å². The molecule has 0 radical (unpaired) electrons. The zero-order valence-electron chi connectivity index (χ0n) is 14.9. The van der Waals surface area contributed by atoms with E-state index in [0.29, 0.717) is 16.6 Å². The summed E-state index contributed by atoms with van der Waals surface area (Å²) in [6, 6.07) is 4.10. The maximum atomic E-state index is 11.5. The predicted octanol–water partition coefficient (Wildman–Crippen LogP) is 3.66. The Balaban J connectivity index is 1.62. The summed E-state index contributed by atoms with van der Waals surface area (Å²) in [4.78, 5) is 20.6. The fourth-order valence-corrected chi connectivity index (χ4v) is 3.28. The molecule has 0 bridgehead atoms. The van der Waals surface area contributed by atoms with Gasteiger partial charge in [-0.05, 0) is 32.9 Å². The van der Waals surface area contributed by atoms with E-state index in [9.17, 15) is 9.90 Å². The number of aromatic carboxylic acids is 1. The van der Waals surface area contributed by atoms with Gasteiger partial charge in [-0.2, -0.15) is 0 Å². The summed E-state index contributed by atoms with van der Waals surface area (Å²) >= 11 is 1.20. The van der Waals surface area contributed by atoms with Crippen molar-refractivity contribution in [2.24, 2.45) is 5.41 Å². The van der Waals surface area contributed by atoms with E-state index in [1.807, 2.05) is 26.8 Å². The van der Waals surface area contributed by atoms with Crippen LogP contribution >= 0.6 is 11.3 Å². The van der Waals surface area contributed by atoms with Crippen LogP contribution in [0.3, 0.4) is 0 Å². The first-order valence-corrected chi connectivity index (χ1v) is 9.22. The minimum atomic E-state index is -0.939. The minimum Gasteiger partial charge on any atom is -0.477 e. The normalized spacial score (nSPS) is 19.0. The van der Waals surface area contributed by atoms with E-state index in [-0.39, 0.29) is 17.6 Å². The zero-order chi connectivity index (χ0) is 18.7.